The zero-order valence-corrected chi connectivity index (χ0v) is 9.65. The molecule has 1 atom stereocenters. The number of nitrogens with zero attached hydrogens (tertiary/aromatic N) is 2. The molecule has 1 N–H and O–H groups in total. The molecule has 72 valence electrons. The van der Waals surface area contributed by atoms with Gasteiger partial charge < -0.3 is 5.11 Å². The molecule has 0 unspecified atom stereocenters. The number of rotatable bonds is 3. The second-order valence-electron chi connectivity index (χ2n) is 2.80. The Morgan fingerprint density at radius 3 is 2.77 bits per heavy atom. The zero-order chi connectivity index (χ0) is 10.0. The lowest BCUT2D eigenvalue weighted by molar-refractivity contribution is -0.141. The molecule has 0 aliphatic carbocycles. The van der Waals surface area contributed by atoms with Gasteiger partial charge in [-0.2, -0.15) is 5.10 Å². The van der Waals surface area contributed by atoms with E-state index >= 15 is 0 Å². The van der Waals surface area contributed by atoms with Gasteiger partial charge in [0.1, 0.15) is 6.04 Å². The quantitative estimate of drug-likeness (QED) is 0.865. The third kappa shape index (κ3) is 2.20. The van der Waals surface area contributed by atoms with Crippen molar-refractivity contribution < 1.29 is 9.90 Å². The third-order valence-corrected chi connectivity index (χ3v) is 2.91. The molecule has 1 aromatic heterocycles. The molecule has 0 spiro atoms. The molecular weight excluding hydrogens is 283 g/mol. The van der Waals surface area contributed by atoms with Gasteiger partial charge in [-0.3, -0.25) is 4.68 Å². The minimum absolute atomic E-state index is 0.540. The Kier molecular flexibility index (Phi) is 3.29. The van der Waals surface area contributed by atoms with Gasteiger partial charge in [-0.05, 0) is 35.9 Å². The van der Waals surface area contributed by atoms with Crippen LogP contribution in [0, 0.1) is 10.5 Å². The number of carboxylic acid groups (broad SMARTS) is 1. The molecule has 0 saturated heterocycles. The normalized spacial score (nSPS) is 12.8. The molecule has 0 fully saturated rings. The van der Waals surface area contributed by atoms with Gasteiger partial charge in [0.05, 0.1) is 9.26 Å². The number of hydrogen-bond donors (Lipinski definition) is 1. The van der Waals surface area contributed by atoms with Crippen LogP contribution in [-0.4, -0.2) is 20.9 Å². The Hall–Kier alpha value is -0.590. The molecule has 0 radical (unpaired) electrons. The van der Waals surface area contributed by atoms with E-state index in [9.17, 15) is 4.79 Å². The number of aliphatic carboxylic acids is 1. The molecule has 0 aliphatic rings. The van der Waals surface area contributed by atoms with Crippen LogP contribution >= 0.6 is 22.6 Å². The summed E-state index contributed by atoms with van der Waals surface area (Å²) < 4.78 is 2.51. The molecule has 13 heavy (non-hydrogen) atoms. The van der Waals surface area contributed by atoms with Crippen LogP contribution in [0.15, 0.2) is 6.20 Å². The Bertz CT molecular complexity index is 302. The topological polar surface area (TPSA) is 55.1 Å². The Balaban J connectivity index is 2.98. The standard InChI is InChI=1S/C8H11IN2O2/c1-3-7(8(12)13)11-4-6(9)5(2)10-11/h4,7H,3H2,1-2H3,(H,12,13)/t7-/m0/s1. The summed E-state index contributed by atoms with van der Waals surface area (Å²) in [5.74, 6) is -0.832. The zero-order valence-electron chi connectivity index (χ0n) is 7.49. The van der Waals surface area contributed by atoms with Gasteiger partial charge >= 0.3 is 5.97 Å². The summed E-state index contributed by atoms with van der Waals surface area (Å²) in [5.41, 5.74) is 0.875. The Labute approximate surface area is 90.1 Å². The predicted octanol–water partition coefficient (Wildman–Crippen LogP) is 1.83. The van der Waals surface area contributed by atoms with Crippen molar-refractivity contribution in [2.75, 3.05) is 0 Å². The smallest absolute Gasteiger partial charge is 0.328 e. The largest absolute Gasteiger partial charge is 0.480 e. The van der Waals surface area contributed by atoms with Crippen molar-refractivity contribution in [2.45, 2.75) is 26.3 Å². The number of hydrogen-bond acceptors (Lipinski definition) is 2. The summed E-state index contributed by atoms with van der Waals surface area (Å²) in [6.45, 7) is 3.70. The van der Waals surface area contributed by atoms with Crippen molar-refractivity contribution in [2.24, 2.45) is 0 Å². The highest BCUT2D eigenvalue weighted by atomic mass is 127. The average Bonchev–Trinajstić information content (AvgIpc) is 2.32. The lowest BCUT2D eigenvalue weighted by Crippen LogP contribution is -2.18. The molecule has 0 aliphatic heterocycles. The van der Waals surface area contributed by atoms with E-state index in [1.165, 1.54) is 4.68 Å². The van der Waals surface area contributed by atoms with E-state index in [1.54, 1.807) is 6.20 Å². The summed E-state index contributed by atoms with van der Waals surface area (Å²) in [7, 11) is 0. The Morgan fingerprint density at radius 1 is 1.85 bits per heavy atom. The molecule has 0 saturated carbocycles. The summed E-state index contributed by atoms with van der Waals surface area (Å²) in [6, 6.07) is -0.540. The number of carbonyl (C=O) groups is 1. The van der Waals surface area contributed by atoms with Crippen LogP contribution in [0.2, 0.25) is 0 Å². The van der Waals surface area contributed by atoms with Crippen molar-refractivity contribution in [3.63, 3.8) is 0 Å². The van der Waals surface area contributed by atoms with Gasteiger partial charge in [0, 0.05) is 6.20 Å². The minimum Gasteiger partial charge on any atom is -0.480 e. The molecule has 5 heteroatoms. The van der Waals surface area contributed by atoms with Crippen molar-refractivity contribution in [1.82, 2.24) is 9.78 Å². The van der Waals surface area contributed by atoms with Crippen LogP contribution in [0.25, 0.3) is 0 Å². The van der Waals surface area contributed by atoms with Crippen LogP contribution in [0.3, 0.4) is 0 Å². The average molecular weight is 294 g/mol. The lowest BCUT2D eigenvalue weighted by atomic mass is 10.2. The van der Waals surface area contributed by atoms with E-state index in [1.807, 2.05) is 13.8 Å². The van der Waals surface area contributed by atoms with Gasteiger partial charge in [-0.25, -0.2) is 4.79 Å². The first-order chi connectivity index (χ1) is 6.06. The monoisotopic (exact) mass is 294 g/mol. The number of aromatic nitrogens is 2. The van der Waals surface area contributed by atoms with E-state index in [0.717, 1.165) is 9.26 Å². The van der Waals surface area contributed by atoms with Gasteiger partial charge in [-0.15, -0.1) is 0 Å². The SMILES string of the molecule is CC[C@@H](C(=O)O)n1cc(I)c(C)n1. The van der Waals surface area contributed by atoms with Gasteiger partial charge in [0.2, 0.25) is 0 Å². The van der Waals surface area contributed by atoms with Gasteiger partial charge in [-0.1, -0.05) is 6.92 Å². The first kappa shape index (κ1) is 10.5. The van der Waals surface area contributed by atoms with Crippen molar-refractivity contribution >= 4 is 28.6 Å². The highest BCUT2D eigenvalue weighted by Crippen LogP contribution is 2.15. The first-order valence-electron chi connectivity index (χ1n) is 4.00. The maximum atomic E-state index is 10.8. The van der Waals surface area contributed by atoms with Gasteiger partial charge in [0.15, 0.2) is 0 Å². The summed E-state index contributed by atoms with van der Waals surface area (Å²) >= 11 is 2.14. The number of carboxylic acids is 1. The minimum atomic E-state index is -0.832. The number of aryl methyl sites for hydroxylation is 1. The van der Waals surface area contributed by atoms with E-state index in [0.29, 0.717) is 6.42 Å². The molecule has 0 amide bonds. The third-order valence-electron chi connectivity index (χ3n) is 1.85. The summed E-state index contributed by atoms with van der Waals surface area (Å²) in [6.07, 6.45) is 2.31. The predicted molar refractivity (Wildman–Crippen MR) is 56.6 cm³/mol. The Morgan fingerprint density at radius 2 is 2.46 bits per heavy atom. The van der Waals surface area contributed by atoms with Crippen LogP contribution in [0.4, 0.5) is 0 Å². The van der Waals surface area contributed by atoms with Crippen molar-refractivity contribution in [1.29, 1.82) is 0 Å². The van der Waals surface area contributed by atoms with Crippen molar-refractivity contribution in [3.8, 4) is 0 Å². The fourth-order valence-electron chi connectivity index (χ4n) is 1.09. The van der Waals surface area contributed by atoms with E-state index in [-0.39, 0.29) is 0 Å². The van der Waals surface area contributed by atoms with E-state index in [4.69, 9.17) is 5.11 Å². The van der Waals surface area contributed by atoms with Crippen LogP contribution in [0.1, 0.15) is 25.1 Å². The number of halogens is 1. The molecule has 1 rings (SSSR count). The second-order valence-corrected chi connectivity index (χ2v) is 3.97. The summed E-state index contributed by atoms with van der Waals surface area (Å²) in [4.78, 5) is 10.8. The molecule has 1 aromatic rings. The lowest BCUT2D eigenvalue weighted by Gasteiger charge is -2.09. The highest BCUT2D eigenvalue weighted by molar-refractivity contribution is 14.1. The molecular formula is C8H11IN2O2. The first-order valence-corrected chi connectivity index (χ1v) is 5.08. The van der Waals surface area contributed by atoms with Crippen LogP contribution < -0.4 is 0 Å². The maximum absolute atomic E-state index is 10.8. The van der Waals surface area contributed by atoms with Gasteiger partial charge in [0.25, 0.3) is 0 Å². The molecule has 4 nitrogen and oxygen atoms in total. The highest BCUT2D eigenvalue weighted by Gasteiger charge is 2.18. The molecule has 0 bridgehead atoms. The fourth-order valence-corrected chi connectivity index (χ4v) is 1.49. The molecule has 1 heterocycles. The fraction of sp³-hybridized carbons (Fsp3) is 0.500. The van der Waals surface area contributed by atoms with E-state index < -0.39 is 12.0 Å². The second kappa shape index (κ2) is 4.08. The summed E-state index contributed by atoms with van der Waals surface area (Å²) in [5, 5.41) is 13.0. The van der Waals surface area contributed by atoms with Crippen molar-refractivity contribution in [3.05, 3.63) is 15.5 Å². The van der Waals surface area contributed by atoms with Crippen LogP contribution in [0.5, 0.6) is 0 Å². The van der Waals surface area contributed by atoms with Crippen LogP contribution in [-0.2, 0) is 4.79 Å². The maximum Gasteiger partial charge on any atom is 0.328 e. The molecule has 0 aromatic carbocycles. The van der Waals surface area contributed by atoms with E-state index in [2.05, 4.69) is 27.7 Å².